The second kappa shape index (κ2) is 17.8. The van der Waals surface area contributed by atoms with Gasteiger partial charge >= 0.3 is 0 Å². The maximum atomic E-state index is 5.30. The number of rotatable bonds is 7. The van der Waals surface area contributed by atoms with Gasteiger partial charge in [0.15, 0.2) is 0 Å². The second-order valence-corrected chi connectivity index (χ2v) is 3.38. The first-order chi connectivity index (χ1) is 4.91. The van der Waals surface area contributed by atoms with Crippen LogP contribution >= 0.6 is 36.6 Å². The highest BCUT2D eigenvalue weighted by molar-refractivity contribution is 7.99. The van der Waals surface area contributed by atoms with Gasteiger partial charge in [-0.2, -0.15) is 11.8 Å². The first-order valence-electron chi connectivity index (χ1n) is 3.90. The van der Waals surface area contributed by atoms with Crippen molar-refractivity contribution in [1.29, 1.82) is 0 Å². The Kier molecular flexibility index (Phi) is 27.6. The molecule has 0 saturated heterocycles. The Morgan fingerprint density at radius 1 is 1.17 bits per heavy atom. The molecule has 0 radical (unpaired) electrons. The second-order valence-electron chi connectivity index (χ2n) is 2.15. The Bertz CT molecular complexity index is 59.4. The average molecular weight is 235 g/mol. The van der Waals surface area contributed by atoms with Crippen molar-refractivity contribution in [3.63, 3.8) is 0 Å². The summed E-state index contributed by atoms with van der Waals surface area (Å²) in [5.74, 6) is 2.50. The monoisotopic (exact) mass is 234 g/mol. The van der Waals surface area contributed by atoms with E-state index in [1.807, 2.05) is 11.8 Å². The molecule has 0 aliphatic heterocycles. The van der Waals surface area contributed by atoms with E-state index in [1.54, 1.807) is 0 Å². The molecule has 0 amide bonds. The molecule has 0 atom stereocenters. The van der Waals surface area contributed by atoms with Crippen molar-refractivity contribution in [2.24, 2.45) is 5.73 Å². The van der Waals surface area contributed by atoms with Crippen LogP contribution in [0.3, 0.4) is 0 Å². The predicted octanol–water partition coefficient (Wildman–Crippen LogP) is 1.52. The molecule has 12 heavy (non-hydrogen) atoms. The first kappa shape index (κ1) is 18.6. The molecule has 0 saturated carbocycles. The van der Waals surface area contributed by atoms with E-state index in [2.05, 4.69) is 12.2 Å². The lowest BCUT2D eigenvalue weighted by Gasteiger charge is -2.00. The van der Waals surface area contributed by atoms with Crippen LogP contribution in [0.1, 0.15) is 13.3 Å². The summed E-state index contributed by atoms with van der Waals surface area (Å²) in [6.45, 7) is 5.01. The van der Waals surface area contributed by atoms with Gasteiger partial charge in [0.2, 0.25) is 0 Å². The third kappa shape index (κ3) is 17.1. The lowest BCUT2D eigenvalue weighted by atomic mass is 10.6. The van der Waals surface area contributed by atoms with Crippen molar-refractivity contribution in [3.8, 4) is 0 Å². The van der Waals surface area contributed by atoms with Crippen molar-refractivity contribution >= 4 is 36.6 Å². The van der Waals surface area contributed by atoms with Crippen LogP contribution in [0.4, 0.5) is 0 Å². The van der Waals surface area contributed by atoms with E-state index in [1.165, 1.54) is 17.9 Å². The number of thioether (sulfide) groups is 1. The highest BCUT2D eigenvalue weighted by Gasteiger charge is 1.85. The first-order valence-corrected chi connectivity index (χ1v) is 5.05. The van der Waals surface area contributed by atoms with Crippen LogP contribution in [0.5, 0.6) is 0 Å². The van der Waals surface area contributed by atoms with Gasteiger partial charge < -0.3 is 11.1 Å². The molecule has 0 rings (SSSR count). The Morgan fingerprint density at radius 2 is 1.83 bits per heavy atom. The van der Waals surface area contributed by atoms with Gasteiger partial charge in [-0.15, -0.1) is 24.8 Å². The van der Waals surface area contributed by atoms with Crippen LogP contribution in [0, 0.1) is 0 Å². The van der Waals surface area contributed by atoms with Gasteiger partial charge in [-0.05, 0) is 12.2 Å². The zero-order valence-electron chi connectivity index (χ0n) is 7.54. The predicted molar refractivity (Wildman–Crippen MR) is 64.0 cm³/mol. The average Bonchev–Trinajstić information content (AvgIpc) is 1.97. The summed E-state index contributed by atoms with van der Waals surface area (Å²) in [6.07, 6.45) is 1.28. The van der Waals surface area contributed by atoms with Crippen LogP contribution in [0.2, 0.25) is 0 Å². The molecule has 0 aliphatic carbocycles. The summed E-state index contributed by atoms with van der Waals surface area (Å²) in [4.78, 5) is 0. The maximum absolute atomic E-state index is 5.30. The normalized spacial score (nSPS) is 8.50. The van der Waals surface area contributed by atoms with Gasteiger partial charge in [-0.3, -0.25) is 0 Å². The summed E-state index contributed by atoms with van der Waals surface area (Å²) in [6, 6.07) is 0. The molecule has 0 heterocycles. The van der Waals surface area contributed by atoms with Crippen LogP contribution < -0.4 is 11.1 Å². The highest BCUT2D eigenvalue weighted by atomic mass is 35.5. The van der Waals surface area contributed by atoms with Crippen LogP contribution in [0.15, 0.2) is 0 Å². The molecule has 3 N–H and O–H groups in total. The Hall–Kier alpha value is 0.850. The van der Waals surface area contributed by atoms with Gasteiger partial charge in [0.1, 0.15) is 0 Å². The molecular weight excluding hydrogens is 215 g/mol. The number of hydrogen-bond donors (Lipinski definition) is 2. The van der Waals surface area contributed by atoms with Crippen molar-refractivity contribution in [3.05, 3.63) is 0 Å². The third-order valence-corrected chi connectivity index (χ3v) is 2.28. The third-order valence-electron chi connectivity index (χ3n) is 1.09. The fraction of sp³-hybridized carbons (Fsp3) is 1.00. The molecule has 0 spiro atoms. The van der Waals surface area contributed by atoms with Gasteiger partial charge in [0.05, 0.1) is 0 Å². The fourth-order valence-electron chi connectivity index (χ4n) is 0.618. The zero-order chi connectivity index (χ0) is 7.66. The molecule has 0 unspecified atom stereocenters. The number of halogens is 2. The molecule has 0 aromatic heterocycles. The zero-order valence-corrected chi connectivity index (χ0v) is 9.99. The number of nitrogens with two attached hydrogens (primary N) is 1. The van der Waals surface area contributed by atoms with Gasteiger partial charge in [0, 0.05) is 25.4 Å². The molecule has 0 aromatic rings. The van der Waals surface area contributed by atoms with Gasteiger partial charge in [-0.25, -0.2) is 0 Å². The minimum Gasteiger partial charge on any atom is -0.329 e. The van der Waals surface area contributed by atoms with E-state index in [0.717, 1.165) is 19.6 Å². The van der Waals surface area contributed by atoms with E-state index >= 15 is 0 Å². The Labute approximate surface area is 92.2 Å². The minimum absolute atomic E-state index is 0. The summed E-state index contributed by atoms with van der Waals surface area (Å²) < 4.78 is 0. The van der Waals surface area contributed by atoms with Crippen LogP contribution in [-0.2, 0) is 0 Å². The highest BCUT2D eigenvalue weighted by Crippen LogP contribution is 1.99. The van der Waals surface area contributed by atoms with E-state index in [0.29, 0.717) is 0 Å². The van der Waals surface area contributed by atoms with Crippen LogP contribution in [0.25, 0.3) is 0 Å². The summed E-state index contributed by atoms with van der Waals surface area (Å²) in [7, 11) is 0. The molecule has 0 bridgehead atoms. The summed E-state index contributed by atoms with van der Waals surface area (Å²) in [5.41, 5.74) is 5.30. The molecule has 5 heteroatoms. The van der Waals surface area contributed by atoms with Crippen molar-refractivity contribution in [1.82, 2.24) is 5.32 Å². The largest absolute Gasteiger partial charge is 0.329 e. The van der Waals surface area contributed by atoms with E-state index in [-0.39, 0.29) is 24.8 Å². The lowest BCUT2D eigenvalue weighted by Crippen LogP contribution is -2.24. The lowest BCUT2D eigenvalue weighted by molar-refractivity contribution is 0.729. The van der Waals surface area contributed by atoms with Gasteiger partial charge in [0.25, 0.3) is 0 Å². The molecule has 2 nitrogen and oxygen atoms in total. The molecule has 0 aromatic carbocycles. The molecule has 0 fully saturated rings. The van der Waals surface area contributed by atoms with Crippen molar-refractivity contribution in [2.45, 2.75) is 13.3 Å². The summed E-state index contributed by atoms with van der Waals surface area (Å²) in [5, 5.41) is 3.25. The fourth-order valence-corrected chi connectivity index (χ4v) is 1.40. The number of nitrogens with one attached hydrogen (secondary N) is 1. The van der Waals surface area contributed by atoms with E-state index < -0.39 is 0 Å². The quantitative estimate of drug-likeness (QED) is 0.657. The maximum Gasteiger partial charge on any atom is 0.00748 e. The van der Waals surface area contributed by atoms with E-state index in [9.17, 15) is 0 Å². The van der Waals surface area contributed by atoms with Crippen LogP contribution in [-0.4, -0.2) is 31.1 Å². The molecule has 78 valence electrons. The van der Waals surface area contributed by atoms with Crippen molar-refractivity contribution in [2.75, 3.05) is 31.1 Å². The van der Waals surface area contributed by atoms with Crippen molar-refractivity contribution < 1.29 is 0 Å². The Balaban J connectivity index is -0.000000405. The molecule has 0 aliphatic rings. The van der Waals surface area contributed by atoms with E-state index in [4.69, 9.17) is 5.73 Å². The molecular formula is C7H20Cl2N2S. The summed E-state index contributed by atoms with van der Waals surface area (Å²) >= 11 is 2.00. The topological polar surface area (TPSA) is 38.0 Å². The smallest absolute Gasteiger partial charge is 0.00748 e. The number of hydrogen-bond acceptors (Lipinski definition) is 3. The minimum atomic E-state index is 0. The van der Waals surface area contributed by atoms with Gasteiger partial charge in [-0.1, -0.05) is 6.92 Å². The standard InChI is InChI=1S/C7H18N2S.2ClH/c1-2-6-10-7-5-9-4-3-8;;/h9H,2-8H2,1H3;2*1H. The Morgan fingerprint density at radius 3 is 2.33 bits per heavy atom. The SMILES string of the molecule is CCCSCCNCCN.Cl.Cl.